The highest BCUT2D eigenvalue weighted by molar-refractivity contribution is 6.14. The Morgan fingerprint density at radius 1 is 1.43 bits per heavy atom. The Morgan fingerprint density at radius 3 is 2.48 bits per heavy atom. The molecule has 0 spiro atoms. The normalized spacial score (nSPS) is 22.9. The molecule has 0 radical (unpaired) electrons. The van der Waals surface area contributed by atoms with Gasteiger partial charge in [0.1, 0.15) is 11.7 Å². The van der Waals surface area contributed by atoms with Crippen molar-refractivity contribution in [2.45, 2.75) is 32.2 Å². The second kappa shape index (κ2) is 6.15. The number of carboxylic acid groups (broad SMARTS) is 1. The van der Waals surface area contributed by atoms with Gasteiger partial charge in [-0.1, -0.05) is 0 Å². The van der Waals surface area contributed by atoms with Crippen LogP contribution in [0, 0.1) is 5.92 Å². The van der Waals surface area contributed by atoms with Gasteiger partial charge in [-0.15, -0.1) is 0 Å². The number of rotatable bonds is 4. The lowest BCUT2D eigenvalue weighted by molar-refractivity contribution is -0.179. The Morgan fingerprint density at radius 2 is 2.00 bits per heavy atom. The van der Waals surface area contributed by atoms with Gasteiger partial charge in [-0.25, -0.2) is 9.59 Å². The molecule has 0 saturated carbocycles. The molecule has 1 N–H and O–H groups in total. The molecule has 1 saturated heterocycles. The first kappa shape index (κ1) is 17.0. The van der Waals surface area contributed by atoms with Crippen LogP contribution in [0.2, 0.25) is 0 Å². The molecule has 21 heavy (non-hydrogen) atoms. The number of carbonyl (C=O) groups is 4. The van der Waals surface area contributed by atoms with Gasteiger partial charge in [0.2, 0.25) is 5.78 Å². The molecular formula is C12H15F2NO6. The van der Waals surface area contributed by atoms with Crippen LogP contribution in [0.5, 0.6) is 0 Å². The number of halogens is 2. The number of esters is 1. The number of hydrogen-bond donors (Lipinski definition) is 1. The van der Waals surface area contributed by atoms with Crippen molar-refractivity contribution in [2.75, 3.05) is 13.2 Å². The minimum absolute atomic E-state index is 0.349. The average molecular weight is 307 g/mol. The number of nitrogens with zero attached hydrogens (tertiary/aromatic N) is 1. The van der Waals surface area contributed by atoms with Gasteiger partial charge in [0.25, 0.3) is 0 Å². The topological polar surface area (TPSA) is 101 Å². The van der Waals surface area contributed by atoms with E-state index in [4.69, 9.17) is 5.11 Å². The molecule has 1 amide bonds. The summed E-state index contributed by atoms with van der Waals surface area (Å²) in [5.41, 5.74) is 0. The quantitative estimate of drug-likeness (QED) is 0.606. The minimum Gasteiger partial charge on any atom is -0.465 e. The molecule has 1 heterocycles. The van der Waals surface area contributed by atoms with Gasteiger partial charge in [0.15, 0.2) is 0 Å². The molecule has 0 aromatic carbocycles. The maximum absolute atomic E-state index is 13.6. The Labute approximate surface area is 118 Å². The fourth-order valence-corrected chi connectivity index (χ4v) is 2.06. The third-order valence-corrected chi connectivity index (χ3v) is 3.20. The Balaban J connectivity index is 2.97. The molecule has 0 aliphatic carbocycles. The third kappa shape index (κ3) is 3.34. The standard InChI is InChI=1S/C12H15F2NO6/c1-3-21-10(18)12(13,14)9(17)7-5-15(11(19)20)6(2)4-8(7)16/h6-7H,3-5H2,1-2H3,(H,19,20)/t6-,7?/m1/s1. The van der Waals surface area contributed by atoms with Crippen LogP contribution >= 0.6 is 0 Å². The van der Waals surface area contributed by atoms with Gasteiger partial charge in [-0.3, -0.25) is 9.59 Å². The Kier molecular flexibility index (Phi) is 4.97. The van der Waals surface area contributed by atoms with Crippen molar-refractivity contribution < 1.29 is 37.8 Å². The molecule has 0 bridgehead atoms. The predicted molar refractivity (Wildman–Crippen MR) is 63.9 cm³/mol. The zero-order chi connectivity index (χ0) is 16.4. The lowest BCUT2D eigenvalue weighted by Crippen LogP contribution is -2.55. The summed E-state index contributed by atoms with van der Waals surface area (Å²) in [5, 5.41) is 8.91. The first-order valence-electron chi connectivity index (χ1n) is 6.24. The van der Waals surface area contributed by atoms with Crippen LogP contribution in [0.1, 0.15) is 20.3 Å². The summed E-state index contributed by atoms with van der Waals surface area (Å²) >= 11 is 0. The Bertz CT molecular complexity index is 478. The number of alkyl halides is 2. The monoisotopic (exact) mass is 307 g/mol. The number of amides is 1. The van der Waals surface area contributed by atoms with E-state index in [0.29, 0.717) is 0 Å². The maximum atomic E-state index is 13.6. The van der Waals surface area contributed by atoms with Gasteiger partial charge in [0.05, 0.1) is 6.61 Å². The molecule has 1 aliphatic rings. The summed E-state index contributed by atoms with van der Waals surface area (Å²) in [7, 11) is 0. The number of ether oxygens (including phenoxy) is 1. The highest BCUT2D eigenvalue weighted by atomic mass is 19.3. The van der Waals surface area contributed by atoms with Crippen molar-refractivity contribution in [3.05, 3.63) is 0 Å². The van der Waals surface area contributed by atoms with Crippen LogP contribution in [0.25, 0.3) is 0 Å². The van der Waals surface area contributed by atoms with E-state index in [0.717, 1.165) is 4.90 Å². The smallest absolute Gasteiger partial charge is 0.407 e. The molecule has 1 aliphatic heterocycles. The number of hydrogen-bond acceptors (Lipinski definition) is 5. The van der Waals surface area contributed by atoms with E-state index in [2.05, 4.69) is 4.74 Å². The van der Waals surface area contributed by atoms with Gasteiger partial charge >= 0.3 is 18.0 Å². The van der Waals surface area contributed by atoms with Crippen LogP contribution < -0.4 is 0 Å². The predicted octanol–water partition coefficient (Wildman–Crippen LogP) is 0.711. The third-order valence-electron chi connectivity index (χ3n) is 3.20. The first-order chi connectivity index (χ1) is 9.62. The number of ketones is 2. The average Bonchev–Trinajstić information content (AvgIpc) is 2.37. The largest absolute Gasteiger partial charge is 0.465 e. The second-order valence-electron chi connectivity index (χ2n) is 4.67. The zero-order valence-electron chi connectivity index (χ0n) is 11.5. The molecule has 0 aromatic rings. The van der Waals surface area contributed by atoms with E-state index in [1.807, 2.05) is 0 Å². The van der Waals surface area contributed by atoms with Crippen molar-refractivity contribution >= 4 is 23.6 Å². The summed E-state index contributed by atoms with van der Waals surface area (Å²) in [6.45, 7) is 1.68. The lowest BCUT2D eigenvalue weighted by Gasteiger charge is -2.35. The van der Waals surface area contributed by atoms with Crippen molar-refractivity contribution in [3.63, 3.8) is 0 Å². The molecular weight excluding hydrogens is 292 g/mol. The van der Waals surface area contributed by atoms with Crippen molar-refractivity contribution in [3.8, 4) is 0 Å². The van der Waals surface area contributed by atoms with E-state index in [9.17, 15) is 28.0 Å². The van der Waals surface area contributed by atoms with E-state index >= 15 is 0 Å². The Hall–Kier alpha value is -2.06. The molecule has 9 heteroatoms. The lowest BCUT2D eigenvalue weighted by atomic mass is 9.86. The molecule has 1 unspecified atom stereocenters. The van der Waals surface area contributed by atoms with E-state index in [1.165, 1.54) is 13.8 Å². The van der Waals surface area contributed by atoms with E-state index in [1.54, 1.807) is 0 Å². The maximum Gasteiger partial charge on any atom is 0.407 e. The zero-order valence-corrected chi connectivity index (χ0v) is 11.5. The number of Topliss-reactive ketones (excluding diaryl/α,β-unsaturated/α-hetero) is 2. The van der Waals surface area contributed by atoms with E-state index < -0.39 is 48.1 Å². The second-order valence-corrected chi connectivity index (χ2v) is 4.67. The van der Waals surface area contributed by atoms with Gasteiger partial charge in [-0.2, -0.15) is 8.78 Å². The highest BCUT2D eigenvalue weighted by Crippen LogP contribution is 2.27. The van der Waals surface area contributed by atoms with Gasteiger partial charge < -0.3 is 14.7 Å². The molecule has 1 fully saturated rings. The summed E-state index contributed by atoms with van der Waals surface area (Å²) < 4.78 is 31.4. The van der Waals surface area contributed by atoms with E-state index in [-0.39, 0.29) is 13.0 Å². The van der Waals surface area contributed by atoms with Crippen molar-refractivity contribution in [1.82, 2.24) is 4.90 Å². The number of piperidine rings is 1. The fourth-order valence-electron chi connectivity index (χ4n) is 2.06. The summed E-state index contributed by atoms with van der Waals surface area (Å²) in [5.74, 6) is -11.1. The van der Waals surface area contributed by atoms with Crippen LogP contribution in [-0.4, -0.2) is 58.8 Å². The summed E-state index contributed by atoms with van der Waals surface area (Å²) in [6, 6.07) is -0.713. The number of carbonyl (C=O) groups excluding carboxylic acids is 3. The van der Waals surface area contributed by atoms with Crippen molar-refractivity contribution in [2.24, 2.45) is 5.92 Å². The van der Waals surface area contributed by atoms with Crippen molar-refractivity contribution in [1.29, 1.82) is 0 Å². The summed E-state index contributed by atoms with van der Waals surface area (Å²) in [6.07, 6.45) is -1.78. The minimum atomic E-state index is -4.47. The van der Waals surface area contributed by atoms with Crippen LogP contribution in [-0.2, 0) is 19.1 Å². The van der Waals surface area contributed by atoms with Crippen LogP contribution in [0.15, 0.2) is 0 Å². The fraction of sp³-hybridized carbons (Fsp3) is 0.667. The van der Waals surface area contributed by atoms with Crippen LogP contribution in [0.4, 0.5) is 13.6 Å². The SMILES string of the molecule is CCOC(=O)C(F)(F)C(=O)C1CN(C(=O)O)[C@H](C)CC1=O. The van der Waals surface area contributed by atoms with Gasteiger partial charge in [0, 0.05) is 19.0 Å². The molecule has 1 rings (SSSR count). The highest BCUT2D eigenvalue weighted by Gasteiger charge is 2.55. The summed E-state index contributed by atoms with van der Waals surface area (Å²) in [4.78, 5) is 46.2. The molecule has 118 valence electrons. The first-order valence-corrected chi connectivity index (χ1v) is 6.24. The molecule has 2 atom stereocenters. The van der Waals surface area contributed by atoms with Gasteiger partial charge in [-0.05, 0) is 13.8 Å². The number of likely N-dealkylation sites (tertiary alicyclic amines) is 1. The molecule has 0 aromatic heterocycles. The van der Waals surface area contributed by atoms with Crippen LogP contribution in [0.3, 0.4) is 0 Å². The molecule has 7 nitrogen and oxygen atoms in total.